The van der Waals surface area contributed by atoms with Crippen molar-refractivity contribution in [3.8, 4) is 0 Å². The zero-order valence-electron chi connectivity index (χ0n) is 12.7. The van der Waals surface area contributed by atoms with E-state index in [4.69, 9.17) is 9.97 Å². The highest BCUT2D eigenvalue weighted by molar-refractivity contribution is 5.59. The molecule has 2 rings (SSSR count). The van der Waals surface area contributed by atoms with Crippen molar-refractivity contribution in [1.82, 2.24) is 9.97 Å². The maximum absolute atomic E-state index is 4.84. The van der Waals surface area contributed by atoms with Crippen molar-refractivity contribution in [2.45, 2.75) is 52.9 Å². The van der Waals surface area contributed by atoms with Crippen molar-refractivity contribution in [2.75, 3.05) is 29.9 Å². The molecule has 0 atom stereocenters. The molecular formula is C15H26N4. The number of nitrogens with zero attached hydrogens (tertiary/aromatic N) is 3. The molecular weight excluding hydrogens is 236 g/mol. The molecule has 1 aromatic rings. The highest BCUT2D eigenvalue weighted by atomic mass is 15.2. The minimum atomic E-state index is 0.595. The lowest BCUT2D eigenvalue weighted by atomic mass is 10.2. The molecule has 1 N–H and O–H groups in total. The van der Waals surface area contributed by atoms with Crippen molar-refractivity contribution in [3.05, 3.63) is 11.4 Å². The number of hydrogen-bond donors (Lipinski definition) is 1. The van der Waals surface area contributed by atoms with Crippen LogP contribution in [0.5, 0.6) is 0 Å². The first kappa shape index (κ1) is 14.1. The monoisotopic (exact) mass is 262 g/mol. The van der Waals surface area contributed by atoms with Crippen LogP contribution in [0.3, 0.4) is 0 Å². The first-order valence-corrected chi connectivity index (χ1v) is 7.58. The molecule has 1 heterocycles. The smallest absolute Gasteiger partial charge is 0.137 e. The minimum absolute atomic E-state index is 0.595. The predicted molar refractivity (Wildman–Crippen MR) is 81.1 cm³/mol. The van der Waals surface area contributed by atoms with Crippen LogP contribution in [-0.4, -0.2) is 29.6 Å². The van der Waals surface area contributed by atoms with Crippen LogP contribution in [0.4, 0.5) is 11.6 Å². The summed E-state index contributed by atoms with van der Waals surface area (Å²) in [4.78, 5) is 11.9. The number of aromatic nitrogens is 2. The summed E-state index contributed by atoms with van der Waals surface area (Å²) in [6.07, 6.45) is 3.63. The van der Waals surface area contributed by atoms with Gasteiger partial charge in [-0.3, -0.25) is 0 Å². The van der Waals surface area contributed by atoms with Gasteiger partial charge in [0.2, 0.25) is 0 Å². The SMILES string of the molecule is CCCN(CC)c1nc(C2CC2)nc(NCC)c1C. The van der Waals surface area contributed by atoms with Crippen LogP contribution in [-0.2, 0) is 0 Å². The van der Waals surface area contributed by atoms with E-state index in [1.807, 2.05) is 0 Å². The molecule has 0 aliphatic heterocycles. The van der Waals surface area contributed by atoms with Gasteiger partial charge in [0.05, 0.1) is 0 Å². The molecule has 0 aromatic carbocycles. The normalized spacial score (nSPS) is 14.5. The Kier molecular flexibility index (Phi) is 4.61. The molecule has 1 saturated carbocycles. The van der Waals surface area contributed by atoms with E-state index < -0.39 is 0 Å². The van der Waals surface area contributed by atoms with Crippen LogP contribution in [0.15, 0.2) is 0 Å². The third-order valence-corrected chi connectivity index (χ3v) is 3.60. The van der Waals surface area contributed by atoms with E-state index in [-0.39, 0.29) is 0 Å². The summed E-state index contributed by atoms with van der Waals surface area (Å²) in [6, 6.07) is 0. The van der Waals surface area contributed by atoms with Gasteiger partial charge in [-0.1, -0.05) is 6.92 Å². The van der Waals surface area contributed by atoms with Crippen LogP contribution in [0.1, 0.15) is 57.3 Å². The average Bonchev–Trinajstić information content (AvgIpc) is 3.23. The van der Waals surface area contributed by atoms with Gasteiger partial charge in [0.1, 0.15) is 17.5 Å². The lowest BCUT2D eigenvalue weighted by Crippen LogP contribution is -2.26. The lowest BCUT2D eigenvalue weighted by molar-refractivity contribution is 0.762. The molecule has 4 nitrogen and oxygen atoms in total. The largest absolute Gasteiger partial charge is 0.370 e. The number of rotatable bonds is 7. The quantitative estimate of drug-likeness (QED) is 0.818. The van der Waals surface area contributed by atoms with Gasteiger partial charge >= 0.3 is 0 Å². The average molecular weight is 262 g/mol. The van der Waals surface area contributed by atoms with Crippen LogP contribution in [0, 0.1) is 6.92 Å². The molecule has 0 bridgehead atoms. The van der Waals surface area contributed by atoms with Crippen LogP contribution < -0.4 is 10.2 Å². The Labute approximate surface area is 116 Å². The van der Waals surface area contributed by atoms with Gasteiger partial charge in [0.15, 0.2) is 0 Å². The molecule has 1 aromatic heterocycles. The Hall–Kier alpha value is -1.32. The Morgan fingerprint density at radius 1 is 1.21 bits per heavy atom. The molecule has 1 aliphatic carbocycles. The molecule has 1 aliphatic rings. The summed E-state index contributed by atoms with van der Waals surface area (Å²) in [6.45, 7) is 11.6. The molecule has 0 amide bonds. The second-order valence-electron chi connectivity index (χ2n) is 5.26. The maximum atomic E-state index is 4.84. The molecule has 4 heteroatoms. The summed E-state index contributed by atoms with van der Waals surface area (Å²) in [7, 11) is 0. The second-order valence-corrected chi connectivity index (χ2v) is 5.26. The highest BCUT2D eigenvalue weighted by Crippen LogP contribution is 2.40. The molecule has 19 heavy (non-hydrogen) atoms. The zero-order valence-corrected chi connectivity index (χ0v) is 12.7. The van der Waals surface area contributed by atoms with Crippen molar-refractivity contribution in [2.24, 2.45) is 0 Å². The van der Waals surface area contributed by atoms with Crippen LogP contribution in [0.2, 0.25) is 0 Å². The van der Waals surface area contributed by atoms with Gasteiger partial charge in [0.25, 0.3) is 0 Å². The fraction of sp³-hybridized carbons (Fsp3) is 0.733. The summed E-state index contributed by atoms with van der Waals surface area (Å²) in [5.41, 5.74) is 1.18. The third kappa shape index (κ3) is 3.17. The number of nitrogens with one attached hydrogen (secondary N) is 1. The second kappa shape index (κ2) is 6.22. The van der Waals surface area contributed by atoms with Crippen molar-refractivity contribution < 1.29 is 0 Å². The van der Waals surface area contributed by atoms with Gasteiger partial charge in [-0.05, 0) is 40.0 Å². The first-order chi connectivity index (χ1) is 9.21. The fourth-order valence-corrected chi connectivity index (χ4v) is 2.38. The zero-order chi connectivity index (χ0) is 13.8. The van der Waals surface area contributed by atoms with Gasteiger partial charge in [-0.25, -0.2) is 9.97 Å². The van der Waals surface area contributed by atoms with E-state index in [1.54, 1.807) is 0 Å². The summed E-state index contributed by atoms with van der Waals surface area (Å²) < 4.78 is 0. The van der Waals surface area contributed by atoms with Crippen molar-refractivity contribution >= 4 is 11.6 Å². The van der Waals surface area contributed by atoms with E-state index in [0.717, 1.165) is 43.5 Å². The molecule has 0 unspecified atom stereocenters. The Bertz CT molecular complexity index is 426. The number of hydrogen-bond acceptors (Lipinski definition) is 4. The Morgan fingerprint density at radius 2 is 1.95 bits per heavy atom. The van der Waals surface area contributed by atoms with Crippen molar-refractivity contribution in [3.63, 3.8) is 0 Å². The van der Waals surface area contributed by atoms with Crippen LogP contribution >= 0.6 is 0 Å². The molecule has 0 radical (unpaired) electrons. The summed E-state index contributed by atoms with van der Waals surface area (Å²) in [5.74, 6) is 3.77. The third-order valence-electron chi connectivity index (χ3n) is 3.60. The van der Waals surface area contributed by atoms with Crippen molar-refractivity contribution in [1.29, 1.82) is 0 Å². The predicted octanol–water partition coefficient (Wildman–Crippen LogP) is 3.33. The van der Waals surface area contributed by atoms with E-state index in [0.29, 0.717) is 5.92 Å². The fourth-order valence-electron chi connectivity index (χ4n) is 2.38. The first-order valence-electron chi connectivity index (χ1n) is 7.58. The minimum Gasteiger partial charge on any atom is -0.370 e. The van der Waals surface area contributed by atoms with Gasteiger partial charge in [0, 0.05) is 31.1 Å². The standard InChI is InChI=1S/C15H26N4/c1-5-10-19(7-3)15-11(4)13(16-6-2)17-14(18-15)12-8-9-12/h12H,5-10H2,1-4H3,(H,16,17,18). The van der Waals surface area contributed by atoms with Crippen LogP contribution in [0.25, 0.3) is 0 Å². The molecule has 0 spiro atoms. The molecule has 1 fully saturated rings. The lowest BCUT2D eigenvalue weighted by Gasteiger charge is -2.25. The van der Waals surface area contributed by atoms with E-state index >= 15 is 0 Å². The molecule has 0 saturated heterocycles. The van der Waals surface area contributed by atoms with Gasteiger partial charge in [-0.15, -0.1) is 0 Å². The van der Waals surface area contributed by atoms with Gasteiger partial charge in [-0.2, -0.15) is 0 Å². The Balaban J connectivity index is 2.38. The summed E-state index contributed by atoms with van der Waals surface area (Å²) in [5, 5.41) is 3.38. The Morgan fingerprint density at radius 3 is 2.47 bits per heavy atom. The molecule has 106 valence electrons. The number of anilines is 2. The van der Waals surface area contributed by atoms with E-state index in [1.165, 1.54) is 18.4 Å². The topological polar surface area (TPSA) is 41.1 Å². The summed E-state index contributed by atoms with van der Waals surface area (Å²) >= 11 is 0. The highest BCUT2D eigenvalue weighted by Gasteiger charge is 2.28. The van der Waals surface area contributed by atoms with E-state index in [9.17, 15) is 0 Å². The maximum Gasteiger partial charge on any atom is 0.137 e. The van der Waals surface area contributed by atoms with Gasteiger partial charge < -0.3 is 10.2 Å². The van der Waals surface area contributed by atoms with E-state index in [2.05, 4.69) is 37.9 Å².